The lowest BCUT2D eigenvalue weighted by atomic mass is 9.90. The largest absolute Gasteiger partial charge is 0.496 e. The summed E-state index contributed by atoms with van der Waals surface area (Å²) in [6, 6.07) is 7.62. The van der Waals surface area contributed by atoms with E-state index < -0.39 is 5.60 Å². The fourth-order valence-corrected chi connectivity index (χ4v) is 4.27. The number of ether oxygens (including phenoxy) is 3. The van der Waals surface area contributed by atoms with Gasteiger partial charge in [-0.05, 0) is 25.8 Å². The van der Waals surface area contributed by atoms with Gasteiger partial charge in [0.2, 0.25) is 11.7 Å². The van der Waals surface area contributed by atoms with E-state index in [1.165, 1.54) is 0 Å². The van der Waals surface area contributed by atoms with Gasteiger partial charge in [0.15, 0.2) is 0 Å². The number of carbonyl (C=O) groups is 1. The first-order valence-electron chi connectivity index (χ1n) is 10.6. The van der Waals surface area contributed by atoms with Crippen molar-refractivity contribution in [3.63, 3.8) is 0 Å². The van der Waals surface area contributed by atoms with Crippen molar-refractivity contribution in [1.29, 1.82) is 0 Å². The number of methoxy groups -OCH3 is 1. The number of likely N-dealkylation sites (tertiary alicyclic amines) is 1. The van der Waals surface area contributed by atoms with Crippen LogP contribution in [-0.4, -0.2) is 54.4 Å². The maximum atomic E-state index is 12.9. The summed E-state index contributed by atoms with van der Waals surface area (Å²) in [5.41, 5.74) is 0.240. The van der Waals surface area contributed by atoms with Gasteiger partial charge < -0.3 is 23.6 Å². The minimum Gasteiger partial charge on any atom is -0.496 e. The SMILES string of the molecule is CCOC1(c2nc([C@H]3CCCO3)no2)CCN(C(=O)Cc2ccccc2OC)CC1. The smallest absolute Gasteiger partial charge is 0.259 e. The molecule has 0 bridgehead atoms. The van der Waals surface area contributed by atoms with Gasteiger partial charge in [-0.1, -0.05) is 23.4 Å². The van der Waals surface area contributed by atoms with Crippen LogP contribution in [0.5, 0.6) is 5.75 Å². The number of hydrogen-bond acceptors (Lipinski definition) is 7. The van der Waals surface area contributed by atoms with Gasteiger partial charge in [-0.15, -0.1) is 0 Å². The highest BCUT2D eigenvalue weighted by molar-refractivity contribution is 5.79. The van der Waals surface area contributed by atoms with E-state index in [1.54, 1.807) is 7.11 Å². The van der Waals surface area contributed by atoms with E-state index in [4.69, 9.17) is 18.7 Å². The number of benzene rings is 1. The third-order valence-electron chi connectivity index (χ3n) is 5.93. The lowest BCUT2D eigenvalue weighted by molar-refractivity contribution is -0.141. The molecule has 8 heteroatoms. The fourth-order valence-electron chi connectivity index (χ4n) is 4.27. The molecule has 2 aliphatic rings. The highest BCUT2D eigenvalue weighted by Gasteiger charge is 2.43. The molecular formula is C22H29N3O5. The molecule has 1 amide bonds. The molecule has 0 unspecified atom stereocenters. The van der Waals surface area contributed by atoms with Crippen molar-refractivity contribution in [2.75, 3.05) is 33.4 Å². The first-order chi connectivity index (χ1) is 14.6. The summed E-state index contributed by atoms with van der Waals surface area (Å²) in [5.74, 6) is 1.90. The second-order valence-electron chi connectivity index (χ2n) is 7.76. The monoisotopic (exact) mass is 415 g/mol. The molecule has 162 valence electrons. The van der Waals surface area contributed by atoms with Gasteiger partial charge in [0.25, 0.3) is 5.89 Å². The van der Waals surface area contributed by atoms with Crippen molar-refractivity contribution in [1.82, 2.24) is 15.0 Å². The minimum absolute atomic E-state index is 0.0789. The van der Waals surface area contributed by atoms with E-state index >= 15 is 0 Å². The highest BCUT2D eigenvalue weighted by Crippen LogP contribution is 2.37. The predicted octanol–water partition coefficient (Wildman–Crippen LogP) is 3.03. The molecule has 2 aromatic rings. The molecule has 0 radical (unpaired) electrons. The van der Waals surface area contributed by atoms with Crippen LogP contribution in [-0.2, 0) is 26.3 Å². The van der Waals surface area contributed by atoms with E-state index in [0.717, 1.165) is 30.8 Å². The van der Waals surface area contributed by atoms with Crippen molar-refractivity contribution in [2.45, 2.75) is 50.7 Å². The number of para-hydroxylation sites is 1. The molecule has 2 saturated heterocycles. The third kappa shape index (κ3) is 4.20. The zero-order chi connectivity index (χ0) is 21.0. The Balaban J connectivity index is 1.43. The molecule has 2 aliphatic heterocycles. The van der Waals surface area contributed by atoms with Gasteiger partial charge >= 0.3 is 0 Å². The number of aromatic nitrogens is 2. The van der Waals surface area contributed by atoms with Crippen LogP contribution in [0.25, 0.3) is 0 Å². The summed E-state index contributed by atoms with van der Waals surface area (Å²) < 4.78 is 22.8. The van der Waals surface area contributed by atoms with Crippen LogP contribution in [0.3, 0.4) is 0 Å². The molecule has 0 N–H and O–H groups in total. The summed E-state index contributed by atoms with van der Waals surface area (Å²) in [4.78, 5) is 19.4. The molecule has 0 saturated carbocycles. The Kier molecular flexibility index (Phi) is 6.34. The number of carbonyl (C=O) groups excluding carboxylic acids is 1. The second kappa shape index (κ2) is 9.14. The summed E-state index contributed by atoms with van der Waals surface area (Å²) in [7, 11) is 1.62. The Morgan fingerprint density at radius 3 is 2.80 bits per heavy atom. The van der Waals surface area contributed by atoms with Crippen LogP contribution < -0.4 is 4.74 Å². The standard InChI is InChI=1S/C22H29N3O5/c1-3-29-22(21-23-20(24-30-21)18-9-6-14-28-18)10-12-25(13-11-22)19(26)15-16-7-4-5-8-17(16)27-2/h4-5,7-8,18H,3,6,9-15H2,1-2H3/t18-/m1/s1. The van der Waals surface area contributed by atoms with Gasteiger partial charge in [-0.3, -0.25) is 4.79 Å². The zero-order valence-electron chi connectivity index (χ0n) is 17.6. The summed E-state index contributed by atoms with van der Waals surface area (Å²) in [6.45, 7) is 4.37. The average molecular weight is 415 g/mol. The first-order valence-corrected chi connectivity index (χ1v) is 10.6. The minimum atomic E-state index is -0.653. The Morgan fingerprint density at radius 1 is 1.30 bits per heavy atom. The van der Waals surface area contributed by atoms with Crippen LogP contribution in [0.15, 0.2) is 28.8 Å². The molecular weight excluding hydrogens is 386 g/mol. The number of amides is 1. The molecule has 0 spiro atoms. The number of piperidine rings is 1. The first kappa shape index (κ1) is 20.8. The summed E-state index contributed by atoms with van der Waals surface area (Å²) >= 11 is 0. The molecule has 1 aromatic carbocycles. The molecule has 2 fully saturated rings. The Morgan fingerprint density at radius 2 is 2.10 bits per heavy atom. The molecule has 4 rings (SSSR count). The van der Waals surface area contributed by atoms with E-state index in [9.17, 15) is 4.79 Å². The topological polar surface area (TPSA) is 86.9 Å². The number of nitrogens with zero attached hydrogens (tertiary/aromatic N) is 3. The van der Waals surface area contributed by atoms with Crippen molar-refractivity contribution >= 4 is 5.91 Å². The van der Waals surface area contributed by atoms with Crippen LogP contribution >= 0.6 is 0 Å². The van der Waals surface area contributed by atoms with Crippen LogP contribution in [0.1, 0.15) is 56.0 Å². The van der Waals surface area contributed by atoms with Gasteiger partial charge in [0.1, 0.15) is 17.5 Å². The van der Waals surface area contributed by atoms with Crippen molar-refractivity contribution in [3.8, 4) is 5.75 Å². The summed E-state index contributed by atoms with van der Waals surface area (Å²) in [6.07, 6.45) is 3.37. The Labute approximate surface area is 176 Å². The maximum absolute atomic E-state index is 12.9. The third-order valence-corrected chi connectivity index (χ3v) is 5.93. The molecule has 0 aliphatic carbocycles. The molecule has 8 nitrogen and oxygen atoms in total. The zero-order valence-corrected chi connectivity index (χ0v) is 17.6. The van der Waals surface area contributed by atoms with Crippen molar-refractivity contribution in [3.05, 3.63) is 41.5 Å². The Hall–Kier alpha value is -2.45. The van der Waals surface area contributed by atoms with Gasteiger partial charge in [-0.2, -0.15) is 4.98 Å². The fraction of sp³-hybridized carbons (Fsp3) is 0.591. The molecule has 3 heterocycles. The Bertz CT molecular complexity index is 854. The lowest BCUT2D eigenvalue weighted by Crippen LogP contribution is -2.47. The van der Waals surface area contributed by atoms with E-state index in [1.807, 2.05) is 36.1 Å². The molecule has 30 heavy (non-hydrogen) atoms. The van der Waals surface area contributed by atoms with Crippen LogP contribution in [0, 0.1) is 0 Å². The van der Waals surface area contributed by atoms with Crippen molar-refractivity contribution in [2.24, 2.45) is 0 Å². The quantitative estimate of drug-likeness (QED) is 0.687. The van der Waals surface area contributed by atoms with Crippen LogP contribution in [0.4, 0.5) is 0 Å². The van der Waals surface area contributed by atoms with E-state index in [0.29, 0.717) is 50.7 Å². The number of rotatable bonds is 7. The normalized spacial score (nSPS) is 21.0. The van der Waals surface area contributed by atoms with Gasteiger partial charge in [-0.25, -0.2) is 0 Å². The molecule has 1 aromatic heterocycles. The van der Waals surface area contributed by atoms with Gasteiger partial charge in [0, 0.05) is 44.7 Å². The molecule has 1 atom stereocenters. The average Bonchev–Trinajstić information content (AvgIpc) is 3.47. The van der Waals surface area contributed by atoms with E-state index in [2.05, 4.69) is 10.1 Å². The van der Waals surface area contributed by atoms with E-state index in [-0.39, 0.29) is 12.0 Å². The highest BCUT2D eigenvalue weighted by atomic mass is 16.5. The van der Waals surface area contributed by atoms with Crippen molar-refractivity contribution < 1.29 is 23.5 Å². The van der Waals surface area contributed by atoms with Crippen LogP contribution in [0.2, 0.25) is 0 Å². The number of hydrogen-bond donors (Lipinski definition) is 0. The maximum Gasteiger partial charge on any atom is 0.259 e. The van der Waals surface area contributed by atoms with Gasteiger partial charge in [0.05, 0.1) is 13.5 Å². The summed E-state index contributed by atoms with van der Waals surface area (Å²) in [5, 5.41) is 4.14. The second-order valence-corrected chi connectivity index (χ2v) is 7.76. The predicted molar refractivity (Wildman–Crippen MR) is 108 cm³/mol. The lowest BCUT2D eigenvalue weighted by Gasteiger charge is -2.39.